The highest BCUT2D eigenvalue weighted by atomic mass is 16.3. The molecule has 0 aliphatic carbocycles. The van der Waals surface area contributed by atoms with Gasteiger partial charge in [-0.3, -0.25) is 0 Å². The van der Waals surface area contributed by atoms with Gasteiger partial charge in [0.05, 0.1) is 6.10 Å². The highest BCUT2D eigenvalue weighted by molar-refractivity contribution is 4.94. The van der Waals surface area contributed by atoms with E-state index >= 15 is 0 Å². The topological polar surface area (TPSA) is 23.5 Å². The fraction of sp³-hybridized carbons (Fsp3) is 0.857. The van der Waals surface area contributed by atoms with E-state index in [1.54, 1.807) is 0 Å². The van der Waals surface area contributed by atoms with Gasteiger partial charge in [0.15, 0.2) is 0 Å². The van der Waals surface area contributed by atoms with Crippen LogP contribution in [-0.2, 0) is 0 Å². The van der Waals surface area contributed by atoms with E-state index in [9.17, 15) is 5.11 Å². The minimum atomic E-state index is -0.111. The second-order valence-corrected chi connectivity index (χ2v) is 5.21. The summed E-state index contributed by atoms with van der Waals surface area (Å²) in [7, 11) is 0. The third-order valence-electron chi connectivity index (χ3n) is 3.53. The molecule has 0 radical (unpaired) electrons. The summed E-state index contributed by atoms with van der Waals surface area (Å²) in [6.07, 6.45) is 8.60. The summed E-state index contributed by atoms with van der Waals surface area (Å²) in [4.78, 5) is 2.54. The number of hydrogen-bond acceptors (Lipinski definition) is 2. The largest absolute Gasteiger partial charge is 0.393 e. The molecule has 1 N–H and O–H groups in total. The van der Waals surface area contributed by atoms with Crippen molar-refractivity contribution in [1.82, 2.24) is 4.90 Å². The van der Waals surface area contributed by atoms with Crippen molar-refractivity contribution in [3.8, 4) is 0 Å². The number of hydrogen-bond donors (Lipinski definition) is 1. The summed E-state index contributed by atoms with van der Waals surface area (Å²) in [5.74, 6) is 0.737. The molecule has 1 aliphatic heterocycles. The van der Waals surface area contributed by atoms with Crippen LogP contribution in [0.5, 0.6) is 0 Å². The average molecular weight is 225 g/mol. The van der Waals surface area contributed by atoms with Crippen LogP contribution in [0.15, 0.2) is 12.2 Å². The van der Waals surface area contributed by atoms with Crippen molar-refractivity contribution < 1.29 is 5.11 Å². The minimum Gasteiger partial charge on any atom is -0.393 e. The molecule has 0 aromatic heterocycles. The Morgan fingerprint density at radius 1 is 1.44 bits per heavy atom. The lowest BCUT2D eigenvalue weighted by Crippen LogP contribution is -2.27. The van der Waals surface area contributed by atoms with Gasteiger partial charge in [-0.25, -0.2) is 0 Å². The molecule has 0 aromatic carbocycles. The zero-order chi connectivity index (χ0) is 12.0. The van der Waals surface area contributed by atoms with Crippen molar-refractivity contribution in [2.24, 2.45) is 5.92 Å². The van der Waals surface area contributed by atoms with Crippen LogP contribution in [0.25, 0.3) is 0 Å². The van der Waals surface area contributed by atoms with Crippen molar-refractivity contribution in [2.45, 2.75) is 58.6 Å². The molecule has 1 fully saturated rings. The van der Waals surface area contributed by atoms with Crippen molar-refractivity contribution in [3.63, 3.8) is 0 Å². The van der Waals surface area contributed by atoms with Crippen LogP contribution in [0.2, 0.25) is 0 Å². The molecule has 1 saturated heterocycles. The maximum atomic E-state index is 9.42. The van der Waals surface area contributed by atoms with Crippen LogP contribution in [0, 0.1) is 5.92 Å². The Bertz CT molecular complexity index is 213. The SMILES string of the molecule is CCC(O)CC/C=C/C1CCN(C(C)C)C1. The lowest BCUT2D eigenvalue weighted by atomic mass is 10.1. The Labute approximate surface area is 100 Å². The first-order valence-electron chi connectivity index (χ1n) is 6.72. The molecule has 2 unspecified atom stereocenters. The second-order valence-electron chi connectivity index (χ2n) is 5.21. The Hall–Kier alpha value is -0.340. The molecule has 0 aromatic rings. The third kappa shape index (κ3) is 4.67. The van der Waals surface area contributed by atoms with E-state index in [4.69, 9.17) is 0 Å². The van der Waals surface area contributed by atoms with Crippen LogP contribution >= 0.6 is 0 Å². The summed E-state index contributed by atoms with van der Waals surface area (Å²) >= 11 is 0. The number of aliphatic hydroxyl groups is 1. The van der Waals surface area contributed by atoms with Crippen LogP contribution < -0.4 is 0 Å². The molecule has 2 heteroatoms. The van der Waals surface area contributed by atoms with E-state index in [0.29, 0.717) is 6.04 Å². The predicted molar refractivity (Wildman–Crippen MR) is 69.5 cm³/mol. The van der Waals surface area contributed by atoms with Crippen LogP contribution in [-0.4, -0.2) is 35.2 Å². The maximum Gasteiger partial charge on any atom is 0.0540 e. The maximum absolute atomic E-state index is 9.42. The first-order chi connectivity index (χ1) is 7.63. The molecule has 1 heterocycles. The molecule has 2 nitrogen and oxygen atoms in total. The van der Waals surface area contributed by atoms with Gasteiger partial charge in [0.25, 0.3) is 0 Å². The molecule has 0 saturated carbocycles. The Kier molecular flexibility index (Phi) is 6.07. The predicted octanol–water partition coefficient (Wildman–Crippen LogP) is 2.82. The fourth-order valence-electron chi connectivity index (χ4n) is 2.22. The second kappa shape index (κ2) is 7.08. The van der Waals surface area contributed by atoms with Crippen molar-refractivity contribution in [2.75, 3.05) is 13.1 Å². The number of aliphatic hydroxyl groups excluding tert-OH is 1. The molecule has 0 amide bonds. The molecule has 16 heavy (non-hydrogen) atoms. The van der Waals surface area contributed by atoms with Gasteiger partial charge in [-0.05, 0) is 52.0 Å². The lowest BCUT2D eigenvalue weighted by molar-refractivity contribution is 0.161. The molecule has 1 aliphatic rings. The van der Waals surface area contributed by atoms with Crippen molar-refractivity contribution in [1.29, 1.82) is 0 Å². The zero-order valence-electron chi connectivity index (χ0n) is 11.0. The Morgan fingerprint density at radius 2 is 2.19 bits per heavy atom. The monoisotopic (exact) mass is 225 g/mol. The summed E-state index contributed by atoms with van der Waals surface area (Å²) in [5, 5.41) is 9.42. The van der Waals surface area contributed by atoms with E-state index < -0.39 is 0 Å². The van der Waals surface area contributed by atoms with Gasteiger partial charge in [-0.15, -0.1) is 0 Å². The van der Waals surface area contributed by atoms with Crippen LogP contribution in [0.4, 0.5) is 0 Å². The molecule has 0 bridgehead atoms. The van der Waals surface area contributed by atoms with E-state index in [-0.39, 0.29) is 6.10 Å². The fourth-order valence-corrected chi connectivity index (χ4v) is 2.22. The number of allylic oxidation sites excluding steroid dienone is 1. The zero-order valence-corrected chi connectivity index (χ0v) is 11.0. The van der Waals surface area contributed by atoms with E-state index in [2.05, 4.69) is 30.9 Å². The Balaban J connectivity index is 2.16. The van der Waals surface area contributed by atoms with Gasteiger partial charge in [0, 0.05) is 12.6 Å². The van der Waals surface area contributed by atoms with E-state index in [1.165, 1.54) is 19.5 Å². The first-order valence-corrected chi connectivity index (χ1v) is 6.72. The lowest BCUT2D eigenvalue weighted by Gasteiger charge is -2.19. The molecular weight excluding hydrogens is 198 g/mol. The summed E-state index contributed by atoms with van der Waals surface area (Å²) in [5.41, 5.74) is 0. The minimum absolute atomic E-state index is 0.111. The molecule has 0 spiro atoms. The summed E-state index contributed by atoms with van der Waals surface area (Å²) in [6.45, 7) is 9.02. The smallest absolute Gasteiger partial charge is 0.0540 e. The summed E-state index contributed by atoms with van der Waals surface area (Å²) < 4.78 is 0. The third-order valence-corrected chi connectivity index (χ3v) is 3.53. The molecule has 1 rings (SSSR count). The number of rotatable bonds is 6. The van der Waals surface area contributed by atoms with E-state index in [0.717, 1.165) is 25.2 Å². The van der Waals surface area contributed by atoms with Gasteiger partial charge >= 0.3 is 0 Å². The number of nitrogens with zero attached hydrogens (tertiary/aromatic N) is 1. The van der Waals surface area contributed by atoms with Gasteiger partial charge < -0.3 is 10.0 Å². The summed E-state index contributed by atoms with van der Waals surface area (Å²) in [6, 6.07) is 0.681. The van der Waals surface area contributed by atoms with Gasteiger partial charge in [-0.2, -0.15) is 0 Å². The number of likely N-dealkylation sites (tertiary alicyclic amines) is 1. The quantitative estimate of drug-likeness (QED) is 0.703. The van der Waals surface area contributed by atoms with Crippen LogP contribution in [0.3, 0.4) is 0 Å². The van der Waals surface area contributed by atoms with Gasteiger partial charge in [0.2, 0.25) is 0 Å². The molecular formula is C14H27NO. The van der Waals surface area contributed by atoms with Crippen LogP contribution in [0.1, 0.15) is 46.5 Å². The Morgan fingerprint density at radius 3 is 2.75 bits per heavy atom. The normalized spacial score (nSPS) is 24.7. The highest BCUT2D eigenvalue weighted by Gasteiger charge is 2.21. The average Bonchev–Trinajstić information content (AvgIpc) is 2.72. The first kappa shape index (κ1) is 13.7. The molecule has 94 valence electrons. The standard InChI is InChI=1S/C14H27NO/c1-4-14(16)8-6-5-7-13-9-10-15(11-13)12(2)3/h5,7,12-14,16H,4,6,8-11H2,1-3H3/b7-5+. The highest BCUT2D eigenvalue weighted by Crippen LogP contribution is 2.19. The van der Waals surface area contributed by atoms with Gasteiger partial charge in [0.1, 0.15) is 0 Å². The van der Waals surface area contributed by atoms with Crippen molar-refractivity contribution in [3.05, 3.63) is 12.2 Å². The van der Waals surface area contributed by atoms with Gasteiger partial charge in [-0.1, -0.05) is 19.1 Å². The van der Waals surface area contributed by atoms with E-state index in [1.807, 2.05) is 6.92 Å². The van der Waals surface area contributed by atoms with Crippen molar-refractivity contribution >= 4 is 0 Å². The molecule has 2 atom stereocenters.